The molecule has 0 aliphatic rings. The smallest absolute Gasteiger partial charge is 0.175 e. The van der Waals surface area contributed by atoms with Crippen molar-refractivity contribution in [2.75, 3.05) is 12.0 Å². The van der Waals surface area contributed by atoms with Gasteiger partial charge in [-0.3, -0.25) is 0 Å². The maximum absolute atomic E-state index is 11.5. The fourth-order valence-electron chi connectivity index (χ4n) is 1.79. The van der Waals surface area contributed by atoms with Crippen LogP contribution in [0.25, 0.3) is 0 Å². The molecule has 0 spiro atoms. The van der Waals surface area contributed by atoms with Gasteiger partial charge in [-0.05, 0) is 49.2 Å². The molecule has 3 nitrogen and oxygen atoms in total. The van der Waals surface area contributed by atoms with Gasteiger partial charge >= 0.3 is 0 Å². The number of sulfone groups is 1. The van der Waals surface area contributed by atoms with Crippen LogP contribution in [0.15, 0.2) is 51.1 Å². The highest BCUT2D eigenvalue weighted by Crippen LogP contribution is 2.35. The average Bonchev–Trinajstić information content (AvgIpc) is 2.35. The Kier molecular flexibility index (Phi) is 4.11. The minimum absolute atomic E-state index is 0.250. The molecule has 0 aliphatic carbocycles. The van der Waals surface area contributed by atoms with Crippen molar-refractivity contribution in [2.24, 2.45) is 0 Å². The first-order valence-corrected chi connectivity index (χ1v) is 8.83. The number of nitrogen functional groups attached to an aromatic ring is 1. The first-order valence-electron chi connectivity index (χ1n) is 6.12. The fourth-order valence-corrected chi connectivity index (χ4v) is 3.47. The van der Waals surface area contributed by atoms with Crippen LogP contribution in [0.1, 0.15) is 11.1 Å². The number of benzene rings is 2. The quantitative estimate of drug-likeness (QED) is 0.882. The number of hydrogen-bond acceptors (Lipinski definition) is 4. The lowest BCUT2D eigenvalue weighted by atomic mass is 10.2. The zero-order valence-electron chi connectivity index (χ0n) is 11.7. The van der Waals surface area contributed by atoms with E-state index in [0.717, 1.165) is 9.79 Å². The zero-order chi connectivity index (χ0) is 14.9. The molecule has 2 rings (SSSR count). The molecule has 0 aliphatic heterocycles. The Bertz CT molecular complexity index is 752. The summed E-state index contributed by atoms with van der Waals surface area (Å²) < 4.78 is 23.0. The molecule has 0 saturated carbocycles. The largest absolute Gasteiger partial charge is 0.398 e. The van der Waals surface area contributed by atoms with E-state index in [1.807, 2.05) is 13.8 Å². The SMILES string of the molecule is Cc1ccc(C)c(Sc2ccc(S(C)(=O)=O)cc2N)c1. The van der Waals surface area contributed by atoms with Crippen molar-refractivity contribution < 1.29 is 8.42 Å². The third-order valence-corrected chi connectivity index (χ3v) is 5.33. The third kappa shape index (κ3) is 3.35. The molecule has 2 aromatic carbocycles. The molecule has 0 saturated heterocycles. The zero-order valence-corrected chi connectivity index (χ0v) is 13.3. The van der Waals surface area contributed by atoms with Crippen molar-refractivity contribution in [3.63, 3.8) is 0 Å². The topological polar surface area (TPSA) is 60.2 Å². The summed E-state index contributed by atoms with van der Waals surface area (Å²) in [5, 5.41) is 0. The van der Waals surface area contributed by atoms with Crippen LogP contribution in [-0.2, 0) is 9.84 Å². The highest BCUT2D eigenvalue weighted by Gasteiger charge is 2.11. The van der Waals surface area contributed by atoms with Gasteiger partial charge < -0.3 is 5.73 Å². The van der Waals surface area contributed by atoms with Crippen LogP contribution in [0.4, 0.5) is 5.69 Å². The molecule has 0 unspecified atom stereocenters. The minimum Gasteiger partial charge on any atom is -0.398 e. The van der Waals surface area contributed by atoms with Crippen molar-refractivity contribution in [3.8, 4) is 0 Å². The van der Waals surface area contributed by atoms with Gasteiger partial charge in [-0.25, -0.2) is 8.42 Å². The first kappa shape index (κ1) is 14.9. The van der Waals surface area contributed by atoms with Crippen molar-refractivity contribution in [1.29, 1.82) is 0 Å². The van der Waals surface area contributed by atoms with Crippen molar-refractivity contribution in [2.45, 2.75) is 28.5 Å². The summed E-state index contributed by atoms with van der Waals surface area (Å²) in [7, 11) is -3.22. The lowest BCUT2D eigenvalue weighted by Crippen LogP contribution is -1.99. The normalized spacial score (nSPS) is 11.6. The summed E-state index contributed by atoms with van der Waals surface area (Å²) in [4.78, 5) is 2.25. The van der Waals surface area contributed by atoms with E-state index in [1.54, 1.807) is 23.9 Å². The van der Waals surface area contributed by atoms with E-state index in [1.165, 1.54) is 23.4 Å². The molecule has 0 aromatic heterocycles. The van der Waals surface area contributed by atoms with Crippen LogP contribution in [0.2, 0.25) is 0 Å². The molecular formula is C15H17NO2S2. The van der Waals surface area contributed by atoms with E-state index in [-0.39, 0.29) is 4.90 Å². The molecule has 0 atom stereocenters. The summed E-state index contributed by atoms with van der Waals surface area (Å²) in [5.74, 6) is 0. The summed E-state index contributed by atoms with van der Waals surface area (Å²) in [6.45, 7) is 4.09. The molecule has 5 heteroatoms. The summed E-state index contributed by atoms with van der Waals surface area (Å²) in [6, 6.07) is 11.1. The second kappa shape index (κ2) is 5.50. The molecule has 2 aromatic rings. The van der Waals surface area contributed by atoms with E-state index in [0.29, 0.717) is 5.69 Å². The molecule has 2 N–H and O–H groups in total. The Hall–Kier alpha value is -1.46. The van der Waals surface area contributed by atoms with Crippen LogP contribution in [0.3, 0.4) is 0 Å². The number of nitrogens with two attached hydrogens (primary N) is 1. The molecular weight excluding hydrogens is 290 g/mol. The third-order valence-electron chi connectivity index (χ3n) is 2.97. The standard InChI is InChI=1S/C15H17NO2S2/c1-10-4-5-11(2)15(8-10)19-14-7-6-12(9-13(14)16)20(3,17)18/h4-9H,16H2,1-3H3. The molecule has 0 radical (unpaired) electrons. The minimum atomic E-state index is -3.22. The number of hydrogen-bond donors (Lipinski definition) is 1. The van der Waals surface area contributed by atoms with Gasteiger partial charge in [0.1, 0.15) is 0 Å². The monoisotopic (exact) mass is 307 g/mol. The van der Waals surface area contributed by atoms with Gasteiger partial charge in [0, 0.05) is 21.7 Å². The Morgan fingerprint density at radius 3 is 2.30 bits per heavy atom. The molecule has 0 heterocycles. The van der Waals surface area contributed by atoms with E-state index in [9.17, 15) is 8.42 Å². The number of aryl methyl sites for hydroxylation is 2. The van der Waals surface area contributed by atoms with Gasteiger partial charge in [-0.2, -0.15) is 0 Å². The lowest BCUT2D eigenvalue weighted by Gasteiger charge is -2.10. The van der Waals surface area contributed by atoms with E-state index in [4.69, 9.17) is 5.73 Å². The first-order chi connectivity index (χ1) is 9.27. The van der Waals surface area contributed by atoms with Gasteiger partial charge in [0.05, 0.1) is 4.90 Å². The lowest BCUT2D eigenvalue weighted by molar-refractivity contribution is 0.602. The Balaban J connectivity index is 2.38. The Morgan fingerprint density at radius 2 is 1.70 bits per heavy atom. The van der Waals surface area contributed by atoms with Gasteiger partial charge in [0.15, 0.2) is 9.84 Å². The maximum Gasteiger partial charge on any atom is 0.175 e. The van der Waals surface area contributed by atoms with Crippen LogP contribution in [-0.4, -0.2) is 14.7 Å². The van der Waals surface area contributed by atoms with E-state index < -0.39 is 9.84 Å². The summed E-state index contributed by atoms with van der Waals surface area (Å²) in [6.07, 6.45) is 1.18. The predicted molar refractivity (Wildman–Crippen MR) is 84.0 cm³/mol. The second-order valence-electron chi connectivity index (χ2n) is 4.84. The van der Waals surface area contributed by atoms with Crippen LogP contribution >= 0.6 is 11.8 Å². The molecule has 0 amide bonds. The van der Waals surface area contributed by atoms with Gasteiger partial charge in [-0.1, -0.05) is 23.9 Å². The molecule has 106 valence electrons. The highest BCUT2D eigenvalue weighted by molar-refractivity contribution is 7.99. The summed E-state index contributed by atoms with van der Waals surface area (Å²) in [5.41, 5.74) is 8.81. The molecule has 20 heavy (non-hydrogen) atoms. The van der Waals surface area contributed by atoms with E-state index >= 15 is 0 Å². The fraction of sp³-hybridized carbons (Fsp3) is 0.200. The van der Waals surface area contributed by atoms with Gasteiger partial charge in [0.2, 0.25) is 0 Å². The van der Waals surface area contributed by atoms with Crippen molar-refractivity contribution in [1.82, 2.24) is 0 Å². The average molecular weight is 307 g/mol. The maximum atomic E-state index is 11.5. The van der Waals surface area contributed by atoms with Gasteiger partial charge in [-0.15, -0.1) is 0 Å². The van der Waals surface area contributed by atoms with Crippen molar-refractivity contribution in [3.05, 3.63) is 47.5 Å². The van der Waals surface area contributed by atoms with Crippen molar-refractivity contribution >= 4 is 27.3 Å². The van der Waals surface area contributed by atoms with Crippen LogP contribution in [0, 0.1) is 13.8 Å². The number of rotatable bonds is 3. The Morgan fingerprint density at radius 1 is 1.00 bits per heavy atom. The molecule has 0 bridgehead atoms. The predicted octanol–water partition coefficient (Wildman–Crippen LogP) is 3.44. The van der Waals surface area contributed by atoms with Crippen LogP contribution < -0.4 is 5.73 Å². The van der Waals surface area contributed by atoms with Gasteiger partial charge in [0.25, 0.3) is 0 Å². The summed E-state index contributed by atoms with van der Waals surface area (Å²) >= 11 is 1.55. The number of anilines is 1. The second-order valence-corrected chi connectivity index (χ2v) is 7.94. The van der Waals surface area contributed by atoms with Crippen LogP contribution in [0.5, 0.6) is 0 Å². The molecule has 0 fully saturated rings. The Labute approximate surface area is 124 Å². The van der Waals surface area contributed by atoms with E-state index in [2.05, 4.69) is 18.2 Å². The highest BCUT2D eigenvalue weighted by atomic mass is 32.2.